The maximum absolute atomic E-state index is 13.2. The number of ether oxygens (including phenoxy) is 1. The highest BCUT2D eigenvalue weighted by Gasteiger charge is 2.44. The van der Waals surface area contributed by atoms with Crippen molar-refractivity contribution in [1.29, 1.82) is 0 Å². The molecule has 1 saturated heterocycles. The number of benzene rings is 1. The Morgan fingerprint density at radius 3 is 2.80 bits per heavy atom. The van der Waals surface area contributed by atoms with Crippen LogP contribution in [0.3, 0.4) is 0 Å². The van der Waals surface area contributed by atoms with Crippen molar-refractivity contribution in [2.24, 2.45) is 0 Å². The summed E-state index contributed by atoms with van der Waals surface area (Å²) in [4.78, 5) is 28.7. The van der Waals surface area contributed by atoms with Gasteiger partial charge in [-0.15, -0.1) is 11.3 Å². The number of carbonyl (C=O) groups is 2. The van der Waals surface area contributed by atoms with Gasteiger partial charge in [0.05, 0.1) is 15.8 Å². The summed E-state index contributed by atoms with van der Waals surface area (Å²) in [6.07, 6.45) is 2.37. The average molecular weight is 448 g/mol. The Balaban J connectivity index is 1.50. The summed E-state index contributed by atoms with van der Waals surface area (Å²) in [5, 5.41) is 5.90. The van der Waals surface area contributed by atoms with E-state index in [1.165, 1.54) is 22.5 Å². The first kappa shape index (κ1) is 21.3. The van der Waals surface area contributed by atoms with Crippen LogP contribution < -0.4 is 10.6 Å². The molecule has 1 fully saturated rings. The lowest BCUT2D eigenvalue weighted by molar-refractivity contribution is -0.122. The normalized spacial score (nSPS) is 24.2. The number of carbonyl (C=O) groups excluding carboxylic acids is 2. The molecule has 2 aliphatic rings. The fraction of sp³-hybridized carbons (Fsp3) is 0.455. The van der Waals surface area contributed by atoms with E-state index in [4.69, 9.17) is 16.3 Å². The molecule has 0 saturated carbocycles. The van der Waals surface area contributed by atoms with Crippen LogP contribution in [0, 0.1) is 0 Å². The third kappa shape index (κ3) is 4.39. The average Bonchev–Trinajstić information content (AvgIpc) is 3.34. The molecular formula is C22H26ClN3O3S. The molecule has 0 radical (unpaired) electrons. The molecule has 2 amide bonds. The zero-order valence-corrected chi connectivity index (χ0v) is 18.7. The van der Waals surface area contributed by atoms with Crippen LogP contribution in [0.25, 0.3) is 0 Å². The molecule has 3 heterocycles. The molecule has 2 aromatic rings. The highest BCUT2D eigenvalue weighted by molar-refractivity contribution is 7.18. The number of halogens is 1. The molecule has 8 heteroatoms. The van der Waals surface area contributed by atoms with E-state index in [9.17, 15) is 9.59 Å². The Morgan fingerprint density at radius 2 is 2.10 bits per heavy atom. The summed E-state index contributed by atoms with van der Waals surface area (Å²) in [6.45, 7) is 3.80. The van der Waals surface area contributed by atoms with Gasteiger partial charge in [0.25, 0.3) is 11.8 Å². The molecule has 2 N–H and O–H groups in total. The van der Waals surface area contributed by atoms with Crippen molar-refractivity contribution in [2.45, 2.75) is 37.8 Å². The molecule has 2 aliphatic heterocycles. The van der Waals surface area contributed by atoms with Gasteiger partial charge in [-0.2, -0.15) is 0 Å². The monoisotopic (exact) mass is 447 g/mol. The second-order valence-corrected chi connectivity index (χ2v) is 9.88. The van der Waals surface area contributed by atoms with E-state index in [0.29, 0.717) is 28.3 Å². The Morgan fingerprint density at radius 1 is 1.27 bits per heavy atom. The van der Waals surface area contributed by atoms with Crippen LogP contribution in [-0.4, -0.2) is 55.1 Å². The number of rotatable bonds is 4. The van der Waals surface area contributed by atoms with Gasteiger partial charge in [-0.3, -0.25) is 9.59 Å². The standard InChI is InChI=1S/C22H26ClN3O3S/c1-14-11-15-3-4-17(12-16(15)7-9-26(14)2)24-21(28)22(8-10-29-13-22)25-20(27)18-5-6-19(23)30-18/h3-6,12,14H,7-11,13H2,1-2H3,(H,24,28)(H,25,27)/t14-,22?/m0/s1. The van der Waals surface area contributed by atoms with Crippen molar-refractivity contribution in [2.75, 3.05) is 32.1 Å². The van der Waals surface area contributed by atoms with E-state index in [1.54, 1.807) is 12.1 Å². The van der Waals surface area contributed by atoms with E-state index < -0.39 is 5.54 Å². The minimum absolute atomic E-state index is 0.150. The van der Waals surface area contributed by atoms with Crippen LogP contribution in [0.1, 0.15) is 34.1 Å². The Labute approximate surface area is 185 Å². The van der Waals surface area contributed by atoms with Gasteiger partial charge in [0, 0.05) is 31.3 Å². The Bertz CT molecular complexity index is 955. The van der Waals surface area contributed by atoms with Gasteiger partial charge in [-0.1, -0.05) is 17.7 Å². The molecule has 1 aromatic heterocycles. The summed E-state index contributed by atoms with van der Waals surface area (Å²) in [5.74, 6) is -0.568. The molecule has 2 atom stereocenters. The molecule has 0 aliphatic carbocycles. The van der Waals surface area contributed by atoms with Crippen LogP contribution in [-0.2, 0) is 22.4 Å². The third-order valence-corrected chi connectivity index (χ3v) is 7.30. The largest absolute Gasteiger partial charge is 0.378 e. The van der Waals surface area contributed by atoms with Gasteiger partial charge in [-0.05, 0) is 62.2 Å². The lowest BCUT2D eigenvalue weighted by Crippen LogP contribution is -2.57. The number of nitrogens with zero attached hydrogens (tertiary/aromatic N) is 1. The van der Waals surface area contributed by atoms with Crippen molar-refractivity contribution in [3.63, 3.8) is 0 Å². The van der Waals surface area contributed by atoms with Crippen LogP contribution >= 0.6 is 22.9 Å². The van der Waals surface area contributed by atoms with Crippen LogP contribution in [0.4, 0.5) is 5.69 Å². The number of thiophene rings is 1. The number of nitrogens with one attached hydrogen (secondary N) is 2. The first-order chi connectivity index (χ1) is 14.4. The fourth-order valence-corrected chi connectivity index (χ4v) is 4.93. The summed E-state index contributed by atoms with van der Waals surface area (Å²) >= 11 is 7.13. The topological polar surface area (TPSA) is 70.7 Å². The molecule has 6 nitrogen and oxygen atoms in total. The Kier molecular flexibility index (Phi) is 6.16. The van der Waals surface area contributed by atoms with Crippen molar-refractivity contribution in [1.82, 2.24) is 10.2 Å². The van der Waals surface area contributed by atoms with E-state index >= 15 is 0 Å². The smallest absolute Gasteiger partial charge is 0.262 e. The molecule has 30 heavy (non-hydrogen) atoms. The second-order valence-electron chi connectivity index (χ2n) is 8.16. The van der Waals surface area contributed by atoms with Crippen LogP contribution in [0.15, 0.2) is 30.3 Å². The Hall–Kier alpha value is -1.93. The zero-order chi connectivity index (χ0) is 21.3. The van der Waals surface area contributed by atoms with Crippen LogP contribution in [0.5, 0.6) is 0 Å². The lowest BCUT2D eigenvalue weighted by Gasteiger charge is -2.27. The summed E-state index contributed by atoms with van der Waals surface area (Å²) in [5.41, 5.74) is 2.25. The van der Waals surface area contributed by atoms with Crippen molar-refractivity contribution >= 4 is 40.4 Å². The van der Waals surface area contributed by atoms with Crippen molar-refractivity contribution in [3.8, 4) is 0 Å². The quantitative estimate of drug-likeness (QED) is 0.754. The second kappa shape index (κ2) is 8.67. The van der Waals surface area contributed by atoms with Crippen molar-refractivity contribution < 1.29 is 14.3 Å². The molecule has 1 unspecified atom stereocenters. The first-order valence-electron chi connectivity index (χ1n) is 10.2. The fourth-order valence-electron chi connectivity index (χ4n) is 3.99. The van der Waals surface area contributed by atoms with E-state index in [-0.39, 0.29) is 18.4 Å². The van der Waals surface area contributed by atoms with Gasteiger partial charge < -0.3 is 20.3 Å². The van der Waals surface area contributed by atoms with Gasteiger partial charge in [0.2, 0.25) is 0 Å². The lowest BCUT2D eigenvalue weighted by atomic mass is 9.96. The summed E-state index contributed by atoms with van der Waals surface area (Å²) < 4.78 is 6.02. The number of anilines is 1. The van der Waals surface area contributed by atoms with Crippen molar-refractivity contribution in [3.05, 3.63) is 50.7 Å². The minimum Gasteiger partial charge on any atom is -0.378 e. The number of hydrogen-bond acceptors (Lipinski definition) is 5. The predicted molar refractivity (Wildman–Crippen MR) is 120 cm³/mol. The molecular weight excluding hydrogens is 422 g/mol. The third-order valence-electron chi connectivity index (χ3n) is 6.07. The number of likely N-dealkylation sites (N-methyl/N-ethyl adjacent to an activating group) is 1. The highest BCUT2D eigenvalue weighted by Crippen LogP contribution is 2.27. The van der Waals surface area contributed by atoms with Crippen LogP contribution in [0.2, 0.25) is 4.34 Å². The van der Waals surface area contributed by atoms with Gasteiger partial charge in [-0.25, -0.2) is 0 Å². The van der Waals surface area contributed by atoms with E-state index in [0.717, 1.165) is 25.1 Å². The maximum Gasteiger partial charge on any atom is 0.262 e. The van der Waals surface area contributed by atoms with Gasteiger partial charge in [0.15, 0.2) is 0 Å². The molecule has 0 spiro atoms. The van der Waals surface area contributed by atoms with Gasteiger partial charge in [0.1, 0.15) is 5.54 Å². The number of amides is 2. The predicted octanol–water partition coefficient (Wildman–Crippen LogP) is 3.35. The molecule has 160 valence electrons. The summed E-state index contributed by atoms with van der Waals surface area (Å²) in [6, 6.07) is 9.93. The highest BCUT2D eigenvalue weighted by atomic mass is 35.5. The minimum atomic E-state index is -1.09. The number of hydrogen-bond donors (Lipinski definition) is 2. The van der Waals surface area contributed by atoms with E-state index in [2.05, 4.69) is 41.6 Å². The maximum atomic E-state index is 13.2. The molecule has 1 aromatic carbocycles. The SMILES string of the molecule is C[C@H]1Cc2ccc(NC(=O)C3(NC(=O)c4ccc(Cl)s4)CCOC3)cc2CCN1C. The van der Waals surface area contributed by atoms with E-state index in [1.807, 2.05) is 6.07 Å². The van der Waals surface area contributed by atoms with Gasteiger partial charge >= 0.3 is 0 Å². The molecule has 4 rings (SSSR count). The number of fused-ring (bicyclic) bond motifs is 1. The first-order valence-corrected chi connectivity index (χ1v) is 11.3. The zero-order valence-electron chi connectivity index (χ0n) is 17.2. The summed E-state index contributed by atoms with van der Waals surface area (Å²) in [7, 11) is 2.15. The molecule has 0 bridgehead atoms.